The van der Waals surface area contributed by atoms with Crippen molar-refractivity contribution in [2.24, 2.45) is 5.92 Å². The summed E-state index contributed by atoms with van der Waals surface area (Å²) in [6.07, 6.45) is 7.95. The van der Waals surface area contributed by atoms with E-state index in [1.54, 1.807) is 0 Å². The minimum Gasteiger partial charge on any atom is -0.394 e. The molecule has 0 bridgehead atoms. The minimum atomic E-state index is -3.50. The number of hydrogen-bond acceptors (Lipinski definition) is 4. The third-order valence-electron chi connectivity index (χ3n) is 3.99. The molecule has 1 fully saturated rings. The second-order valence-electron chi connectivity index (χ2n) is 5.41. The van der Waals surface area contributed by atoms with Crippen molar-refractivity contribution < 1.29 is 13.5 Å². The number of sulfonamides is 1. The van der Waals surface area contributed by atoms with Gasteiger partial charge in [-0.05, 0) is 31.6 Å². The van der Waals surface area contributed by atoms with Crippen LogP contribution in [0.15, 0.2) is 17.3 Å². The third-order valence-corrected chi connectivity index (χ3v) is 5.47. The van der Waals surface area contributed by atoms with Crippen LogP contribution in [-0.2, 0) is 16.6 Å². The van der Waals surface area contributed by atoms with Gasteiger partial charge in [0.2, 0.25) is 10.0 Å². The van der Waals surface area contributed by atoms with Crippen LogP contribution in [0.3, 0.4) is 0 Å². The number of nitrogens with zero attached hydrogens (tertiary/aromatic N) is 2. The van der Waals surface area contributed by atoms with Gasteiger partial charge in [-0.3, -0.25) is 4.68 Å². The van der Waals surface area contributed by atoms with E-state index in [-0.39, 0.29) is 17.5 Å². The lowest BCUT2D eigenvalue weighted by Crippen LogP contribution is -2.37. The van der Waals surface area contributed by atoms with Crippen LogP contribution < -0.4 is 4.72 Å². The molecule has 1 heterocycles. The first-order valence-electron chi connectivity index (χ1n) is 7.20. The number of hydrogen-bond donors (Lipinski definition) is 2. The predicted molar refractivity (Wildman–Crippen MR) is 75.7 cm³/mol. The Bertz CT molecular complexity index is 519. The molecule has 2 N–H and O–H groups in total. The number of aliphatic hydroxyl groups excluding tert-OH is 1. The largest absolute Gasteiger partial charge is 0.394 e. The van der Waals surface area contributed by atoms with E-state index in [9.17, 15) is 8.42 Å². The highest BCUT2D eigenvalue weighted by molar-refractivity contribution is 7.89. The van der Waals surface area contributed by atoms with Gasteiger partial charge in [0, 0.05) is 12.2 Å². The Morgan fingerprint density at radius 1 is 1.40 bits per heavy atom. The average molecular weight is 301 g/mol. The monoisotopic (exact) mass is 301 g/mol. The second-order valence-corrected chi connectivity index (χ2v) is 7.12. The Kier molecular flexibility index (Phi) is 5.17. The number of nitrogens with one attached hydrogen (secondary N) is 1. The van der Waals surface area contributed by atoms with Crippen molar-refractivity contribution in [2.45, 2.75) is 56.5 Å². The molecule has 0 saturated heterocycles. The molecule has 1 aliphatic rings. The van der Waals surface area contributed by atoms with Crippen LogP contribution in [0.2, 0.25) is 0 Å². The molecule has 0 aromatic carbocycles. The lowest BCUT2D eigenvalue weighted by molar-refractivity contribution is 0.269. The maximum atomic E-state index is 12.2. The molecule has 6 nitrogen and oxygen atoms in total. The highest BCUT2D eigenvalue weighted by atomic mass is 32.2. The van der Waals surface area contributed by atoms with E-state index in [0.717, 1.165) is 31.6 Å². The van der Waals surface area contributed by atoms with Gasteiger partial charge in [-0.15, -0.1) is 0 Å². The van der Waals surface area contributed by atoms with E-state index in [1.807, 2.05) is 0 Å². The standard InChI is InChI=1S/C13H23N3O3S/c1-2-11-3-5-12(6-4-11)15-20(18,19)13-9-14-16(10-13)7-8-17/h9-12,15,17H,2-8H2,1H3. The highest BCUT2D eigenvalue weighted by Gasteiger charge is 2.25. The van der Waals surface area contributed by atoms with Crippen LogP contribution in [0.25, 0.3) is 0 Å². The van der Waals surface area contributed by atoms with Crippen molar-refractivity contribution in [3.63, 3.8) is 0 Å². The molecule has 1 aromatic heterocycles. The maximum absolute atomic E-state index is 12.2. The van der Waals surface area contributed by atoms with Gasteiger partial charge < -0.3 is 5.11 Å². The summed E-state index contributed by atoms with van der Waals surface area (Å²) in [6.45, 7) is 2.43. The van der Waals surface area contributed by atoms with Crippen molar-refractivity contribution in [3.8, 4) is 0 Å². The lowest BCUT2D eigenvalue weighted by Gasteiger charge is -2.27. The van der Waals surface area contributed by atoms with Gasteiger partial charge >= 0.3 is 0 Å². The Hall–Kier alpha value is -0.920. The number of aliphatic hydroxyl groups is 1. The molecule has 7 heteroatoms. The number of rotatable bonds is 6. The first kappa shape index (κ1) is 15.5. The van der Waals surface area contributed by atoms with E-state index < -0.39 is 10.0 Å². The molecule has 0 unspecified atom stereocenters. The lowest BCUT2D eigenvalue weighted by atomic mass is 9.85. The van der Waals surface area contributed by atoms with Gasteiger partial charge in [0.15, 0.2) is 0 Å². The molecule has 0 spiro atoms. The molecule has 0 aliphatic heterocycles. The fraction of sp³-hybridized carbons (Fsp3) is 0.769. The Morgan fingerprint density at radius 2 is 2.10 bits per heavy atom. The Balaban J connectivity index is 1.96. The molecule has 0 amide bonds. The van der Waals surface area contributed by atoms with Crippen molar-refractivity contribution in [1.29, 1.82) is 0 Å². The summed E-state index contributed by atoms with van der Waals surface area (Å²) in [5, 5.41) is 12.7. The van der Waals surface area contributed by atoms with Gasteiger partial charge in [0.25, 0.3) is 0 Å². The van der Waals surface area contributed by atoms with Crippen molar-refractivity contribution in [3.05, 3.63) is 12.4 Å². The van der Waals surface area contributed by atoms with Gasteiger partial charge in [-0.1, -0.05) is 13.3 Å². The summed E-state index contributed by atoms with van der Waals surface area (Å²) in [5.74, 6) is 0.739. The molecular formula is C13H23N3O3S. The molecule has 1 aromatic rings. The van der Waals surface area contributed by atoms with Crippen LogP contribution in [0.5, 0.6) is 0 Å². The molecule has 1 saturated carbocycles. The molecule has 0 radical (unpaired) electrons. The molecule has 1 aliphatic carbocycles. The van der Waals surface area contributed by atoms with Crippen LogP contribution in [0.1, 0.15) is 39.0 Å². The molecule has 20 heavy (non-hydrogen) atoms. The summed E-state index contributed by atoms with van der Waals surface area (Å²) in [6, 6.07) is 0.0315. The van der Waals surface area contributed by atoms with Crippen molar-refractivity contribution >= 4 is 10.0 Å². The van der Waals surface area contributed by atoms with Gasteiger partial charge in [-0.25, -0.2) is 13.1 Å². The fourth-order valence-electron chi connectivity index (χ4n) is 2.68. The zero-order valence-corrected chi connectivity index (χ0v) is 12.6. The van der Waals surface area contributed by atoms with Crippen molar-refractivity contribution in [2.75, 3.05) is 6.61 Å². The van der Waals surface area contributed by atoms with E-state index in [1.165, 1.54) is 23.5 Å². The summed E-state index contributed by atoms with van der Waals surface area (Å²) >= 11 is 0. The molecular weight excluding hydrogens is 278 g/mol. The molecule has 0 atom stereocenters. The van der Waals surface area contributed by atoms with E-state index in [4.69, 9.17) is 5.11 Å². The second kappa shape index (κ2) is 6.69. The van der Waals surface area contributed by atoms with Gasteiger partial charge in [-0.2, -0.15) is 5.10 Å². The van der Waals surface area contributed by atoms with Gasteiger partial charge in [0.05, 0.1) is 19.3 Å². The molecule has 2 rings (SSSR count). The topological polar surface area (TPSA) is 84.2 Å². The highest BCUT2D eigenvalue weighted by Crippen LogP contribution is 2.27. The van der Waals surface area contributed by atoms with Crippen LogP contribution in [0, 0.1) is 5.92 Å². The van der Waals surface area contributed by atoms with E-state index in [0.29, 0.717) is 6.54 Å². The summed E-state index contributed by atoms with van der Waals surface area (Å²) in [4.78, 5) is 0.170. The Labute approximate surface area is 120 Å². The zero-order chi connectivity index (χ0) is 14.6. The SMILES string of the molecule is CCC1CCC(NS(=O)(=O)c2cnn(CCO)c2)CC1. The number of aromatic nitrogens is 2. The smallest absolute Gasteiger partial charge is 0.243 e. The average Bonchev–Trinajstić information content (AvgIpc) is 2.89. The normalized spacial score (nSPS) is 23.9. The first-order chi connectivity index (χ1) is 9.55. The van der Waals surface area contributed by atoms with Gasteiger partial charge in [0.1, 0.15) is 4.90 Å². The van der Waals surface area contributed by atoms with Crippen LogP contribution >= 0.6 is 0 Å². The first-order valence-corrected chi connectivity index (χ1v) is 8.69. The molecule has 114 valence electrons. The quantitative estimate of drug-likeness (QED) is 0.825. The fourth-order valence-corrected chi connectivity index (χ4v) is 3.94. The zero-order valence-electron chi connectivity index (χ0n) is 11.8. The summed E-state index contributed by atoms with van der Waals surface area (Å²) < 4.78 is 28.7. The van der Waals surface area contributed by atoms with Crippen LogP contribution in [0.4, 0.5) is 0 Å². The summed E-state index contributed by atoms with van der Waals surface area (Å²) in [7, 11) is -3.50. The van der Waals surface area contributed by atoms with E-state index in [2.05, 4.69) is 16.7 Å². The predicted octanol–water partition coefficient (Wildman–Crippen LogP) is 1.12. The third kappa shape index (κ3) is 3.80. The van der Waals surface area contributed by atoms with Crippen LogP contribution in [-0.4, -0.2) is 36.0 Å². The Morgan fingerprint density at radius 3 is 2.70 bits per heavy atom. The minimum absolute atomic E-state index is 0.0315. The maximum Gasteiger partial charge on any atom is 0.243 e. The van der Waals surface area contributed by atoms with Crippen molar-refractivity contribution in [1.82, 2.24) is 14.5 Å². The summed E-state index contributed by atoms with van der Waals surface area (Å²) in [5.41, 5.74) is 0. The van der Waals surface area contributed by atoms with E-state index >= 15 is 0 Å².